The Hall–Kier alpha value is -7.07. The Kier molecular flexibility index (Phi) is 7.48. The van der Waals surface area contributed by atoms with Crippen molar-refractivity contribution in [3.8, 4) is 60.8 Å². The van der Waals surface area contributed by atoms with Crippen molar-refractivity contribution in [1.82, 2.24) is 9.55 Å². The highest BCUT2D eigenvalue weighted by Gasteiger charge is 2.37. The summed E-state index contributed by atoms with van der Waals surface area (Å²) in [4.78, 5) is 4.94. The van der Waals surface area contributed by atoms with Gasteiger partial charge in [-0.15, -0.1) is 11.3 Å². The molecule has 0 spiro atoms. The minimum atomic E-state index is -0.0697. The number of benzene rings is 9. The summed E-state index contributed by atoms with van der Waals surface area (Å²) < 4.78 is 3.69. The molecule has 1 aliphatic carbocycles. The van der Waals surface area contributed by atoms with Crippen LogP contribution in [0.3, 0.4) is 0 Å². The van der Waals surface area contributed by atoms with E-state index in [1.165, 1.54) is 92.9 Å². The topological polar surface area (TPSA) is 17.8 Å². The van der Waals surface area contributed by atoms with Gasteiger partial charge < -0.3 is 4.57 Å². The van der Waals surface area contributed by atoms with E-state index in [0.717, 1.165) is 21.8 Å². The highest BCUT2D eigenvalue weighted by molar-refractivity contribution is 7.21. The Morgan fingerprint density at radius 3 is 1.95 bits per heavy atom. The predicted octanol–water partition coefficient (Wildman–Crippen LogP) is 15.5. The first-order valence-corrected chi connectivity index (χ1v) is 21.2. The van der Waals surface area contributed by atoms with Crippen LogP contribution in [0.4, 0.5) is 0 Å². The number of hydrogen-bond acceptors (Lipinski definition) is 2. The third kappa shape index (κ3) is 5.28. The Balaban J connectivity index is 0.995. The molecule has 0 unspecified atom stereocenters. The molecule has 9 aromatic carbocycles. The van der Waals surface area contributed by atoms with E-state index >= 15 is 0 Å². The Labute approximate surface area is 347 Å². The van der Waals surface area contributed by atoms with Crippen LogP contribution < -0.4 is 0 Å². The van der Waals surface area contributed by atoms with Gasteiger partial charge in [-0.3, -0.25) is 0 Å². The molecule has 12 rings (SSSR count). The number of thiazole rings is 1. The lowest BCUT2D eigenvalue weighted by atomic mass is 9.79. The molecule has 2 nitrogen and oxygen atoms in total. The summed E-state index contributed by atoms with van der Waals surface area (Å²) in [5.74, 6) is 0. The second kappa shape index (κ2) is 13.0. The maximum atomic E-state index is 4.94. The summed E-state index contributed by atoms with van der Waals surface area (Å²) >= 11 is 1.74. The molecule has 0 saturated carbocycles. The van der Waals surface area contributed by atoms with Crippen molar-refractivity contribution in [3.05, 3.63) is 205 Å². The highest BCUT2D eigenvalue weighted by Crippen LogP contribution is 2.52. The van der Waals surface area contributed by atoms with Crippen LogP contribution in [-0.2, 0) is 5.41 Å². The molecule has 1 aliphatic rings. The van der Waals surface area contributed by atoms with Crippen molar-refractivity contribution in [2.24, 2.45) is 0 Å². The molecule has 0 bridgehead atoms. The standard InChI is InChI=1S/C56H38N2S/c1-56(2)49-18-6-5-13-45(49)47-16-9-14-43(53(47)56)37-23-21-36(22-24-37)41-30-32-46-48-17-10-15-44(38-25-27-39(28-26-38)55-57-50-19-7-8-20-52(50)59-55)54(48)58(51(46)34-41)42-31-29-35-11-3-4-12-40(35)33-42/h3-34H,1-2H3. The summed E-state index contributed by atoms with van der Waals surface area (Å²) in [5.41, 5.74) is 18.5. The van der Waals surface area contributed by atoms with E-state index in [4.69, 9.17) is 4.98 Å². The second-order valence-corrected chi connectivity index (χ2v) is 17.4. The molecule has 278 valence electrons. The SMILES string of the molecule is CC1(C)c2ccccc2-c2cccc(-c3ccc(-c4ccc5c6cccc(-c7ccc(-c8nc9ccccc9s8)cc7)c6n(-c6ccc7ccccc7c6)c5c4)cc3)c21. The minimum Gasteiger partial charge on any atom is -0.309 e. The van der Waals surface area contributed by atoms with Gasteiger partial charge in [-0.25, -0.2) is 4.98 Å². The van der Waals surface area contributed by atoms with E-state index in [1.54, 1.807) is 11.3 Å². The van der Waals surface area contributed by atoms with Gasteiger partial charge in [-0.05, 0) is 91.2 Å². The van der Waals surface area contributed by atoms with Crippen LogP contribution >= 0.6 is 11.3 Å². The minimum absolute atomic E-state index is 0.0697. The average Bonchev–Trinajstić information content (AvgIpc) is 3.95. The van der Waals surface area contributed by atoms with Crippen molar-refractivity contribution in [2.75, 3.05) is 0 Å². The molecular weight excluding hydrogens is 733 g/mol. The molecule has 0 atom stereocenters. The molecule has 0 amide bonds. The molecule has 0 fully saturated rings. The highest BCUT2D eigenvalue weighted by atomic mass is 32.1. The maximum Gasteiger partial charge on any atom is 0.124 e. The first-order chi connectivity index (χ1) is 29.0. The fourth-order valence-corrected chi connectivity index (χ4v) is 10.8. The molecule has 0 aliphatic heterocycles. The van der Waals surface area contributed by atoms with E-state index in [2.05, 4.69) is 213 Å². The fourth-order valence-electron chi connectivity index (χ4n) is 9.78. The third-order valence-electron chi connectivity index (χ3n) is 12.6. The fraction of sp³-hybridized carbons (Fsp3) is 0.0536. The quantitative estimate of drug-likeness (QED) is 0.170. The van der Waals surface area contributed by atoms with E-state index in [-0.39, 0.29) is 5.41 Å². The maximum absolute atomic E-state index is 4.94. The lowest BCUT2D eigenvalue weighted by Crippen LogP contribution is -2.16. The number of rotatable bonds is 5. The third-order valence-corrected chi connectivity index (χ3v) is 13.7. The van der Waals surface area contributed by atoms with Gasteiger partial charge >= 0.3 is 0 Å². The van der Waals surface area contributed by atoms with Crippen molar-refractivity contribution in [3.63, 3.8) is 0 Å². The Morgan fingerprint density at radius 2 is 1.10 bits per heavy atom. The monoisotopic (exact) mass is 770 g/mol. The van der Waals surface area contributed by atoms with Crippen LogP contribution in [0.15, 0.2) is 194 Å². The van der Waals surface area contributed by atoms with Crippen LogP contribution in [0.2, 0.25) is 0 Å². The molecule has 11 aromatic rings. The first kappa shape index (κ1) is 34.0. The van der Waals surface area contributed by atoms with Gasteiger partial charge in [0.05, 0.1) is 21.3 Å². The van der Waals surface area contributed by atoms with E-state index in [1.807, 2.05) is 0 Å². The van der Waals surface area contributed by atoms with Crippen molar-refractivity contribution in [2.45, 2.75) is 19.3 Å². The number of aromatic nitrogens is 2. The van der Waals surface area contributed by atoms with Crippen LogP contribution in [0.1, 0.15) is 25.0 Å². The second-order valence-electron chi connectivity index (χ2n) is 16.3. The van der Waals surface area contributed by atoms with E-state index < -0.39 is 0 Å². The van der Waals surface area contributed by atoms with E-state index in [9.17, 15) is 0 Å². The van der Waals surface area contributed by atoms with Crippen molar-refractivity contribution < 1.29 is 0 Å². The summed E-state index contributed by atoms with van der Waals surface area (Å²) in [5, 5.41) is 5.99. The van der Waals surface area contributed by atoms with Gasteiger partial charge in [0.15, 0.2) is 0 Å². The number of fused-ring (bicyclic) bond motifs is 8. The molecule has 59 heavy (non-hydrogen) atoms. The summed E-state index contributed by atoms with van der Waals surface area (Å²) in [7, 11) is 0. The molecule has 2 aromatic heterocycles. The molecule has 0 N–H and O–H groups in total. The van der Waals surface area contributed by atoms with Gasteiger partial charge in [0.1, 0.15) is 5.01 Å². The van der Waals surface area contributed by atoms with Gasteiger partial charge in [-0.1, -0.05) is 178 Å². The summed E-state index contributed by atoms with van der Waals surface area (Å²) in [6, 6.07) is 71.5. The first-order valence-electron chi connectivity index (χ1n) is 20.4. The largest absolute Gasteiger partial charge is 0.309 e. The molecular formula is C56H38N2S. The van der Waals surface area contributed by atoms with E-state index in [0.29, 0.717) is 0 Å². The zero-order valence-corrected chi connectivity index (χ0v) is 33.6. The lowest BCUT2D eigenvalue weighted by molar-refractivity contribution is 0.662. The lowest BCUT2D eigenvalue weighted by Gasteiger charge is -2.24. The normalized spacial score (nSPS) is 13.1. The van der Waals surface area contributed by atoms with Crippen LogP contribution in [-0.4, -0.2) is 9.55 Å². The summed E-state index contributed by atoms with van der Waals surface area (Å²) in [6.07, 6.45) is 0. The van der Waals surface area contributed by atoms with Crippen LogP contribution in [0.5, 0.6) is 0 Å². The molecule has 3 heteroatoms. The zero-order valence-electron chi connectivity index (χ0n) is 32.8. The van der Waals surface area contributed by atoms with Gasteiger partial charge in [0, 0.05) is 33.0 Å². The molecule has 0 saturated heterocycles. The van der Waals surface area contributed by atoms with Crippen LogP contribution in [0.25, 0.3) is 104 Å². The number of nitrogens with zero attached hydrogens (tertiary/aromatic N) is 2. The van der Waals surface area contributed by atoms with Gasteiger partial charge in [-0.2, -0.15) is 0 Å². The smallest absolute Gasteiger partial charge is 0.124 e. The van der Waals surface area contributed by atoms with Gasteiger partial charge in [0.2, 0.25) is 0 Å². The number of para-hydroxylation sites is 2. The van der Waals surface area contributed by atoms with Crippen molar-refractivity contribution in [1.29, 1.82) is 0 Å². The molecule has 0 radical (unpaired) electrons. The zero-order chi connectivity index (χ0) is 39.2. The Morgan fingerprint density at radius 1 is 0.458 bits per heavy atom. The van der Waals surface area contributed by atoms with Crippen LogP contribution in [0, 0.1) is 0 Å². The number of hydrogen-bond donors (Lipinski definition) is 0. The predicted molar refractivity (Wildman–Crippen MR) is 251 cm³/mol. The van der Waals surface area contributed by atoms with Crippen molar-refractivity contribution >= 4 is 54.1 Å². The molecule has 2 heterocycles. The average molecular weight is 771 g/mol. The summed E-state index contributed by atoms with van der Waals surface area (Å²) in [6.45, 7) is 4.73. The van der Waals surface area contributed by atoms with Gasteiger partial charge in [0.25, 0.3) is 0 Å². The Bertz CT molecular complexity index is 3420.